The van der Waals surface area contributed by atoms with Crippen molar-refractivity contribution in [1.82, 2.24) is 9.88 Å². The largest absolute Gasteiger partial charge is 0.367 e. The number of rotatable bonds is 2. The standard InChI is InChI=1S/C15H18BrN3/c1-19-8-6-13(7-9-19)17-15-5-2-11-10-12(16)3-4-14(11)18-15/h2-5,10,13H,6-9H2,1H3,(H,17,18). The highest BCUT2D eigenvalue weighted by atomic mass is 79.9. The predicted molar refractivity (Wildman–Crippen MR) is 83.6 cm³/mol. The van der Waals surface area contributed by atoms with Crippen LogP contribution in [0.4, 0.5) is 5.82 Å². The average Bonchev–Trinajstić information content (AvgIpc) is 2.42. The topological polar surface area (TPSA) is 28.2 Å². The van der Waals surface area contributed by atoms with Gasteiger partial charge in [-0.25, -0.2) is 4.98 Å². The first-order valence-corrected chi connectivity index (χ1v) is 7.51. The molecule has 1 saturated heterocycles. The molecule has 1 N–H and O–H groups in total. The van der Waals surface area contributed by atoms with Gasteiger partial charge in [0.15, 0.2) is 0 Å². The number of likely N-dealkylation sites (tertiary alicyclic amines) is 1. The van der Waals surface area contributed by atoms with Gasteiger partial charge in [0.05, 0.1) is 5.52 Å². The number of benzene rings is 1. The monoisotopic (exact) mass is 319 g/mol. The van der Waals surface area contributed by atoms with Crippen LogP contribution in [-0.4, -0.2) is 36.1 Å². The van der Waals surface area contributed by atoms with E-state index in [1.165, 1.54) is 18.2 Å². The summed E-state index contributed by atoms with van der Waals surface area (Å²) in [6.45, 7) is 2.33. The lowest BCUT2D eigenvalue weighted by molar-refractivity contribution is 0.263. The number of hydrogen-bond acceptors (Lipinski definition) is 3. The minimum atomic E-state index is 0.552. The summed E-state index contributed by atoms with van der Waals surface area (Å²) in [4.78, 5) is 7.06. The molecule has 1 aromatic heterocycles. The summed E-state index contributed by atoms with van der Waals surface area (Å²) in [5.41, 5.74) is 1.04. The molecule has 0 aliphatic carbocycles. The summed E-state index contributed by atoms with van der Waals surface area (Å²) >= 11 is 3.49. The molecule has 3 nitrogen and oxygen atoms in total. The first-order chi connectivity index (χ1) is 9.20. The number of hydrogen-bond donors (Lipinski definition) is 1. The first-order valence-electron chi connectivity index (χ1n) is 6.72. The maximum atomic E-state index is 4.68. The van der Waals surface area contributed by atoms with E-state index in [9.17, 15) is 0 Å². The van der Waals surface area contributed by atoms with Crippen molar-refractivity contribution in [2.24, 2.45) is 0 Å². The van der Waals surface area contributed by atoms with Gasteiger partial charge in [-0.05, 0) is 63.3 Å². The van der Waals surface area contributed by atoms with Crippen molar-refractivity contribution in [3.63, 3.8) is 0 Å². The summed E-state index contributed by atoms with van der Waals surface area (Å²) in [5, 5.41) is 4.73. The first kappa shape index (κ1) is 12.9. The Morgan fingerprint density at radius 3 is 2.79 bits per heavy atom. The Balaban J connectivity index is 1.76. The molecular weight excluding hydrogens is 302 g/mol. The second kappa shape index (κ2) is 5.47. The van der Waals surface area contributed by atoms with Crippen LogP contribution in [0.5, 0.6) is 0 Å². The highest BCUT2D eigenvalue weighted by molar-refractivity contribution is 9.10. The number of anilines is 1. The van der Waals surface area contributed by atoms with Crippen molar-refractivity contribution >= 4 is 32.7 Å². The molecule has 0 atom stereocenters. The van der Waals surface area contributed by atoms with Gasteiger partial charge in [0.25, 0.3) is 0 Å². The van der Waals surface area contributed by atoms with Gasteiger partial charge >= 0.3 is 0 Å². The molecule has 1 fully saturated rings. The van der Waals surface area contributed by atoms with Gasteiger partial charge in [0.2, 0.25) is 0 Å². The fraction of sp³-hybridized carbons (Fsp3) is 0.400. The Morgan fingerprint density at radius 2 is 2.00 bits per heavy atom. The normalized spacial score (nSPS) is 17.8. The lowest BCUT2D eigenvalue weighted by Crippen LogP contribution is -2.36. The van der Waals surface area contributed by atoms with Crippen LogP contribution in [0.1, 0.15) is 12.8 Å². The van der Waals surface area contributed by atoms with E-state index >= 15 is 0 Å². The molecule has 1 aliphatic rings. The summed E-state index contributed by atoms with van der Waals surface area (Å²) < 4.78 is 1.10. The molecule has 0 amide bonds. The van der Waals surface area contributed by atoms with Gasteiger partial charge in [0.1, 0.15) is 5.82 Å². The molecule has 100 valence electrons. The number of nitrogens with one attached hydrogen (secondary N) is 1. The SMILES string of the molecule is CN1CCC(Nc2ccc3cc(Br)ccc3n2)CC1. The molecule has 3 rings (SSSR count). The molecule has 2 aromatic rings. The second-order valence-corrected chi connectivity index (χ2v) is 6.17. The van der Waals surface area contributed by atoms with Gasteiger partial charge in [-0.15, -0.1) is 0 Å². The van der Waals surface area contributed by atoms with E-state index < -0.39 is 0 Å². The molecule has 0 unspecified atom stereocenters. The highest BCUT2D eigenvalue weighted by Crippen LogP contribution is 2.21. The number of nitrogens with zero attached hydrogens (tertiary/aromatic N) is 2. The third-order valence-electron chi connectivity index (χ3n) is 3.72. The van der Waals surface area contributed by atoms with Crippen LogP contribution < -0.4 is 5.32 Å². The number of pyridine rings is 1. The van der Waals surface area contributed by atoms with Crippen molar-refractivity contribution in [1.29, 1.82) is 0 Å². The number of aromatic nitrogens is 1. The van der Waals surface area contributed by atoms with E-state index in [4.69, 9.17) is 0 Å². The summed E-state index contributed by atoms with van der Waals surface area (Å²) in [6, 6.07) is 10.9. The smallest absolute Gasteiger partial charge is 0.126 e. The molecule has 4 heteroatoms. The molecule has 2 heterocycles. The lowest BCUT2D eigenvalue weighted by atomic mass is 10.1. The van der Waals surface area contributed by atoms with E-state index in [-0.39, 0.29) is 0 Å². The minimum absolute atomic E-state index is 0.552. The summed E-state index contributed by atoms with van der Waals surface area (Å²) in [7, 11) is 2.18. The molecule has 0 spiro atoms. The third kappa shape index (κ3) is 3.07. The molecule has 1 aliphatic heterocycles. The Kier molecular flexibility index (Phi) is 3.71. The van der Waals surface area contributed by atoms with Gasteiger partial charge in [-0.3, -0.25) is 0 Å². The van der Waals surface area contributed by atoms with Crippen molar-refractivity contribution in [3.05, 3.63) is 34.8 Å². The fourth-order valence-electron chi connectivity index (χ4n) is 2.54. The zero-order valence-electron chi connectivity index (χ0n) is 11.1. The van der Waals surface area contributed by atoms with Gasteiger partial charge in [-0.2, -0.15) is 0 Å². The number of halogens is 1. The van der Waals surface area contributed by atoms with Crippen LogP contribution in [0.2, 0.25) is 0 Å². The maximum absolute atomic E-state index is 4.68. The predicted octanol–water partition coefficient (Wildman–Crippen LogP) is 3.50. The zero-order valence-corrected chi connectivity index (χ0v) is 12.7. The van der Waals surface area contributed by atoms with Crippen LogP contribution in [0.15, 0.2) is 34.8 Å². The van der Waals surface area contributed by atoms with Gasteiger partial charge in [0, 0.05) is 15.9 Å². The van der Waals surface area contributed by atoms with E-state index in [1.807, 2.05) is 6.07 Å². The van der Waals surface area contributed by atoms with E-state index in [2.05, 4.69) is 62.4 Å². The Morgan fingerprint density at radius 1 is 1.21 bits per heavy atom. The van der Waals surface area contributed by atoms with E-state index in [1.54, 1.807) is 0 Å². The minimum Gasteiger partial charge on any atom is -0.367 e. The molecule has 0 radical (unpaired) electrons. The summed E-state index contributed by atoms with van der Waals surface area (Å²) in [6.07, 6.45) is 2.38. The van der Waals surface area contributed by atoms with Gasteiger partial charge in [-0.1, -0.05) is 15.9 Å². The molecule has 1 aromatic carbocycles. The Bertz CT molecular complexity index is 577. The van der Waals surface area contributed by atoms with Crippen LogP contribution >= 0.6 is 15.9 Å². The molecule has 0 bridgehead atoms. The van der Waals surface area contributed by atoms with Gasteiger partial charge < -0.3 is 10.2 Å². The van der Waals surface area contributed by atoms with Crippen LogP contribution in [0.25, 0.3) is 10.9 Å². The van der Waals surface area contributed by atoms with E-state index in [0.29, 0.717) is 6.04 Å². The van der Waals surface area contributed by atoms with Crippen molar-refractivity contribution < 1.29 is 0 Å². The quantitative estimate of drug-likeness (QED) is 0.918. The fourth-order valence-corrected chi connectivity index (χ4v) is 2.92. The highest BCUT2D eigenvalue weighted by Gasteiger charge is 2.16. The zero-order chi connectivity index (χ0) is 13.2. The lowest BCUT2D eigenvalue weighted by Gasteiger charge is -2.29. The maximum Gasteiger partial charge on any atom is 0.126 e. The average molecular weight is 320 g/mol. The Labute approximate surface area is 122 Å². The third-order valence-corrected chi connectivity index (χ3v) is 4.22. The van der Waals surface area contributed by atoms with Crippen LogP contribution in [0, 0.1) is 0 Å². The van der Waals surface area contributed by atoms with Crippen molar-refractivity contribution in [2.75, 3.05) is 25.5 Å². The van der Waals surface area contributed by atoms with E-state index in [0.717, 1.165) is 28.9 Å². The van der Waals surface area contributed by atoms with Crippen LogP contribution in [0.3, 0.4) is 0 Å². The second-order valence-electron chi connectivity index (χ2n) is 5.26. The number of piperidine rings is 1. The van der Waals surface area contributed by atoms with Crippen LogP contribution in [-0.2, 0) is 0 Å². The molecular formula is C15H18BrN3. The van der Waals surface area contributed by atoms with Crippen molar-refractivity contribution in [2.45, 2.75) is 18.9 Å². The molecule has 19 heavy (non-hydrogen) atoms. The summed E-state index contributed by atoms with van der Waals surface area (Å²) in [5.74, 6) is 0.990. The number of fused-ring (bicyclic) bond motifs is 1. The molecule has 0 saturated carbocycles. The Hall–Kier alpha value is -1.13. The van der Waals surface area contributed by atoms with Crippen molar-refractivity contribution in [3.8, 4) is 0 Å².